The topological polar surface area (TPSA) is 74.9 Å². The molecule has 0 N–H and O–H groups in total. The number of hydrogen-bond acceptors (Lipinski definition) is 5. The number of piperazine rings is 1. The Morgan fingerprint density at radius 2 is 2.20 bits per heavy atom. The second-order valence-corrected chi connectivity index (χ2v) is 4.87. The summed E-state index contributed by atoms with van der Waals surface area (Å²) in [6, 6.07) is 3.76. The molecule has 1 saturated heterocycles. The van der Waals surface area contributed by atoms with Crippen LogP contribution in [0.25, 0.3) is 0 Å². The van der Waals surface area contributed by atoms with Crippen molar-refractivity contribution in [1.29, 1.82) is 0 Å². The molecule has 108 valence electrons. The van der Waals surface area contributed by atoms with Crippen molar-refractivity contribution in [2.24, 2.45) is 4.99 Å². The molecule has 0 saturated carbocycles. The van der Waals surface area contributed by atoms with Crippen molar-refractivity contribution in [1.82, 2.24) is 14.8 Å². The molecule has 7 heteroatoms. The van der Waals surface area contributed by atoms with Gasteiger partial charge in [0.1, 0.15) is 0 Å². The summed E-state index contributed by atoms with van der Waals surface area (Å²) in [6.45, 7) is 3.60. The number of aliphatic imine (C=N–C) groups is 1. The second kappa shape index (κ2) is 6.95. The molecule has 0 amide bonds. The maximum atomic E-state index is 10.8. The van der Waals surface area contributed by atoms with E-state index in [4.69, 9.17) is 0 Å². The predicted octanol–water partition coefficient (Wildman–Crippen LogP) is 0.504. The van der Waals surface area contributed by atoms with Gasteiger partial charge in [-0.25, -0.2) is 0 Å². The Labute approximate surface area is 118 Å². The van der Waals surface area contributed by atoms with Gasteiger partial charge in [-0.15, -0.1) is 0 Å². The number of nitro groups is 1. The van der Waals surface area contributed by atoms with Gasteiger partial charge in [-0.2, -0.15) is 0 Å². The van der Waals surface area contributed by atoms with E-state index in [0.29, 0.717) is 12.4 Å². The fourth-order valence-electron chi connectivity index (χ4n) is 2.10. The van der Waals surface area contributed by atoms with Crippen LogP contribution in [0.2, 0.25) is 0 Å². The van der Waals surface area contributed by atoms with E-state index < -0.39 is 0 Å². The summed E-state index contributed by atoms with van der Waals surface area (Å²) >= 11 is 0. The molecule has 1 aromatic heterocycles. The van der Waals surface area contributed by atoms with Gasteiger partial charge in [0, 0.05) is 43.5 Å². The minimum Gasteiger partial charge on any atom is -0.352 e. The lowest BCUT2D eigenvalue weighted by Gasteiger charge is -2.33. The quantitative estimate of drug-likeness (QED) is 0.347. The Bertz CT molecular complexity index is 469. The van der Waals surface area contributed by atoms with Crippen LogP contribution in [0, 0.1) is 10.1 Å². The number of rotatable bonds is 4. The Morgan fingerprint density at radius 1 is 1.45 bits per heavy atom. The zero-order chi connectivity index (χ0) is 14.4. The molecular weight excluding hydrogens is 258 g/mol. The summed E-state index contributed by atoms with van der Waals surface area (Å²) in [5, 5.41) is 10.8. The first-order chi connectivity index (χ1) is 9.65. The van der Waals surface area contributed by atoms with Crippen LogP contribution in [0.5, 0.6) is 0 Å². The van der Waals surface area contributed by atoms with E-state index in [1.54, 1.807) is 12.4 Å². The third-order valence-electron chi connectivity index (χ3n) is 3.31. The van der Waals surface area contributed by atoms with Gasteiger partial charge in [-0.3, -0.25) is 20.1 Å². The van der Waals surface area contributed by atoms with E-state index in [2.05, 4.69) is 21.9 Å². The minimum atomic E-state index is -0.319. The minimum absolute atomic E-state index is 0.218. The molecule has 2 rings (SSSR count). The Kier molecular flexibility index (Phi) is 5.00. The number of amidine groups is 1. The predicted molar refractivity (Wildman–Crippen MR) is 76.3 cm³/mol. The first kappa shape index (κ1) is 14.4. The Balaban J connectivity index is 2.04. The first-order valence-corrected chi connectivity index (χ1v) is 6.62. The van der Waals surface area contributed by atoms with Crippen molar-refractivity contribution in [3.8, 4) is 0 Å². The normalized spacial score (nSPS) is 17.2. The number of aromatic nitrogens is 1. The average Bonchev–Trinajstić information content (AvgIpc) is 2.45. The van der Waals surface area contributed by atoms with Crippen molar-refractivity contribution in [3.05, 3.63) is 40.2 Å². The summed E-state index contributed by atoms with van der Waals surface area (Å²) in [6.07, 6.45) is 3.43. The lowest BCUT2D eigenvalue weighted by Crippen LogP contribution is -2.48. The molecular formula is C13H19N5O2. The van der Waals surface area contributed by atoms with E-state index in [9.17, 15) is 10.1 Å². The summed E-state index contributed by atoms with van der Waals surface area (Å²) in [5.41, 5.74) is 0.961. The zero-order valence-corrected chi connectivity index (χ0v) is 11.6. The maximum Gasteiger partial charge on any atom is 0.260 e. The summed E-state index contributed by atoms with van der Waals surface area (Å²) in [4.78, 5) is 23.2. The molecule has 0 spiro atoms. The van der Waals surface area contributed by atoms with Crippen molar-refractivity contribution < 1.29 is 4.92 Å². The maximum absolute atomic E-state index is 10.8. The Hall–Kier alpha value is -2.02. The average molecular weight is 277 g/mol. The molecule has 0 bridgehead atoms. The molecule has 1 fully saturated rings. The first-order valence-electron chi connectivity index (χ1n) is 6.62. The number of hydrogen-bond donors (Lipinski definition) is 0. The number of pyridine rings is 1. The van der Waals surface area contributed by atoms with Gasteiger partial charge in [0.15, 0.2) is 5.84 Å². The van der Waals surface area contributed by atoms with Gasteiger partial charge in [-0.1, -0.05) is 6.07 Å². The highest BCUT2D eigenvalue weighted by Crippen LogP contribution is 2.04. The smallest absolute Gasteiger partial charge is 0.260 e. The molecule has 0 unspecified atom stereocenters. The van der Waals surface area contributed by atoms with Crippen molar-refractivity contribution >= 4 is 5.84 Å². The van der Waals surface area contributed by atoms with Gasteiger partial charge in [0.25, 0.3) is 6.54 Å². The van der Waals surface area contributed by atoms with Crippen LogP contribution in [0.4, 0.5) is 0 Å². The molecule has 20 heavy (non-hydrogen) atoms. The van der Waals surface area contributed by atoms with E-state index in [0.717, 1.165) is 31.7 Å². The summed E-state index contributed by atoms with van der Waals surface area (Å²) < 4.78 is 0. The van der Waals surface area contributed by atoms with Crippen LogP contribution >= 0.6 is 0 Å². The van der Waals surface area contributed by atoms with Crippen molar-refractivity contribution in [2.75, 3.05) is 39.8 Å². The van der Waals surface area contributed by atoms with E-state index >= 15 is 0 Å². The monoisotopic (exact) mass is 277 g/mol. The molecule has 1 aliphatic rings. The standard InChI is InChI=1S/C13H19N5O2/c1-16-5-7-17(8-6-16)13(11-18(19)20)15-10-12-3-2-4-14-9-12/h2-4,9H,5-8,10-11H2,1H3. The van der Waals surface area contributed by atoms with Crippen LogP contribution in [0.1, 0.15) is 5.56 Å². The fourth-order valence-corrected chi connectivity index (χ4v) is 2.10. The number of likely N-dealkylation sites (N-methyl/N-ethyl adjacent to an activating group) is 1. The number of nitrogens with zero attached hydrogens (tertiary/aromatic N) is 5. The second-order valence-electron chi connectivity index (χ2n) is 4.87. The van der Waals surface area contributed by atoms with Crippen LogP contribution in [0.3, 0.4) is 0 Å². The van der Waals surface area contributed by atoms with Crippen LogP contribution in [-0.4, -0.2) is 65.3 Å². The fraction of sp³-hybridized carbons (Fsp3) is 0.538. The van der Waals surface area contributed by atoms with Crippen molar-refractivity contribution in [2.45, 2.75) is 6.54 Å². The van der Waals surface area contributed by atoms with Crippen LogP contribution in [0.15, 0.2) is 29.5 Å². The molecule has 2 heterocycles. The molecule has 7 nitrogen and oxygen atoms in total. The molecule has 0 atom stereocenters. The lowest BCUT2D eigenvalue weighted by atomic mass is 10.3. The zero-order valence-electron chi connectivity index (χ0n) is 11.6. The highest BCUT2D eigenvalue weighted by Gasteiger charge is 2.20. The molecule has 0 radical (unpaired) electrons. The third kappa shape index (κ3) is 4.27. The van der Waals surface area contributed by atoms with Gasteiger partial charge in [0.05, 0.1) is 6.54 Å². The van der Waals surface area contributed by atoms with Gasteiger partial charge >= 0.3 is 0 Å². The largest absolute Gasteiger partial charge is 0.352 e. The molecule has 1 aliphatic heterocycles. The third-order valence-corrected chi connectivity index (χ3v) is 3.31. The van der Waals surface area contributed by atoms with Crippen LogP contribution < -0.4 is 0 Å². The highest BCUT2D eigenvalue weighted by atomic mass is 16.6. The van der Waals surface area contributed by atoms with E-state index in [1.165, 1.54) is 0 Å². The molecule has 1 aromatic rings. The van der Waals surface area contributed by atoms with Crippen molar-refractivity contribution in [3.63, 3.8) is 0 Å². The SMILES string of the molecule is CN1CCN(C(C[N+](=O)[O-])=NCc2cccnc2)CC1. The summed E-state index contributed by atoms with van der Waals surface area (Å²) in [7, 11) is 2.05. The lowest BCUT2D eigenvalue weighted by molar-refractivity contribution is -0.464. The van der Waals surface area contributed by atoms with E-state index in [-0.39, 0.29) is 11.5 Å². The summed E-state index contributed by atoms with van der Waals surface area (Å²) in [5.74, 6) is 0.562. The van der Waals surface area contributed by atoms with Crippen LogP contribution in [-0.2, 0) is 6.54 Å². The highest BCUT2D eigenvalue weighted by molar-refractivity contribution is 5.83. The molecule has 0 aromatic carbocycles. The van der Waals surface area contributed by atoms with Gasteiger partial charge < -0.3 is 9.80 Å². The van der Waals surface area contributed by atoms with Gasteiger partial charge in [0.2, 0.25) is 0 Å². The van der Waals surface area contributed by atoms with Gasteiger partial charge in [-0.05, 0) is 18.7 Å². The van der Waals surface area contributed by atoms with E-state index in [1.807, 2.05) is 17.0 Å². The Morgan fingerprint density at radius 3 is 2.80 bits per heavy atom. The molecule has 0 aliphatic carbocycles.